The number of para-hydroxylation sites is 2. The number of fused-ring (bicyclic) bond motifs is 1. The maximum Gasteiger partial charge on any atom is 0.242 e. The molecule has 2 aromatic heterocycles. The number of hydrogen-bond acceptors (Lipinski definition) is 3. The van der Waals surface area contributed by atoms with Gasteiger partial charge in [0.15, 0.2) is 0 Å². The maximum atomic E-state index is 12.9. The lowest BCUT2D eigenvalue weighted by Crippen LogP contribution is -2.34. The summed E-state index contributed by atoms with van der Waals surface area (Å²) in [5.41, 5.74) is 1.88. The van der Waals surface area contributed by atoms with Crippen molar-refractivity contribution in [2.24, 2.45) is 0 Å². The Morgan fingerprint density at radius 3 is 2.62 bits per heavy atom. The van der Waals surface area contributed by atoms with Crippen LogP contribution in [-0.4, -0.2) is 33.4 Å². The second kappa shape index (κ2) is 7.60. The highest BCUT2D eigenvalue weighted by molar-refractivity contribution is 5.83. The molecule has 1 saturated heterocycles. The normalized spacial score (nSPS) is 15.6. The summed E-state index contributed by atoms with van der Waals surface area (Å²) in [6.45, 7) is 2.05. The molecule has 0 radical (unpaired) electrons. The van der Waals surface area contributed by atoms with E-state index >= 15 is 0 Å². The number of benzene rings is 1. The number of carbonyl (C=O) groups excluding carboxylic acids is 1. The van der Waals surface area contributed by atoms with Gasteiger partial charge in [0.2, 0.25) is 5.91 Å². The predicted molar refractivity (Wildman–Crippen MR) is 102 cm³/mol. The average molecular weight is 349 g/mol. The summed E-state index contributed by atoms with van der Waals surface area (Å²) in [6.07, 6.45) is 10.1. The van der Waals surface area contributed by atoms with E-state index in [4.69, 9.17) is 9.40 Å². The zero-order valence-corrected chi connectivity index (χ0v) is 14.8. The molecule has 1 amide bonds. The van der Waals surface area contributed by atoms with Gasteiger partial charge in [0, 0.05) is 13.1 Å². The van der Waals surface area contributed by atoms with Crippen LogP contribution in [0.2, 0.25) is 0 Å². The summed E-state index contributed by atoms with van der Waals surface area (Å²) >= 11 is 0. The van der Waals surface area contributed by atoms with E-state index in [1.54, 1.807) is 6.26 Å². The molecule has 0 N–H and O–H groups in total. The Labute approximate surface area is 152 Å². The lowest BCUT2D eigenvalue weighted by molar-refractivity contribution is -0.131. The van der Waals surface area contributed by atoms with Crippen LogP contribution in [0.5, 0.6) is 0 Å². The van der Waals surface area contributed by atoms with E-state index < -0.39 is 0 Å². The Kier molecular flexibility index (Phi) is 4.86. The third kappa shape index (κ3) is 3.57. The maximum absolute atomic E-state index is 12.9. The fraction of sp³-hybridized carbons (Fsp3) is 0.333. The van der Waals surface area contributed by atoms with E-state index in [1.807, 2.05) is 58.0 Å². The molecule has 5 nitrogen and oxygen atoms in total. The van der Waals surface area contributed by atoms with Crippen LogP contribution in [0.25, 0.3) is 23.2 Å². The fourth-order valence-corrected chi connectivity index (χ4v) is 3.49. The van der Waals surface area contributed by atoms with Gasteiger partial charge in [0.05, 0.1) is 17.3 Å². The molecule has 3 aromatic rings. The Balaban J connectivity index is 1.63. The summed E-state index contributed by atoms with van der Waals surface area (Å²) in [6, 6.07) is 11.7. The fourth-order valence-electron chi connectivity index (χ4n) is 3.49. The molecule has 5 heteroatoms. The van der Waals surface area contributed by atoms with Crippen molar-refractivity contribution in [1.29, 1.82) is 0 Å². The molecule has 134 valence electrons. The van der Waals surface area contributed by atoms with Gasteiger partial charge in [-0.2, -0.15) is 0 Å². The highest BCUT2D eigenvalue weighted by Crippen LogP contribution is 2.19. The molecule has 0 aliphatic carbocycles. The lowest BCUT2D eigenvalue weighted by Gasteiger charge is -2.21. The number of rotatable bonds is 4. The minimum atomic E-state index is 0.169. The van der Waals surface area contributed by atoms with Crippen LogP contribution in [0.4, 0.5) is 0 Å². The molecule has 1 aliphatic rings. The first kappa shape index (κ1) is 16.6. The standard InChI is InChI=1S/C21H23N3O2/c25-21(23-13-5-1-2-6-14-23)16-24-19-10-4-3-9-18(19)22-20(24)12-11-17-8-7-15-26-17/h3-4,7-12,15H,1-2,5-6,13-14,16H2/b12-11+. The van der Waals surface area contributed by atoms with Crippen LogP contribution < -0.4 is 0 Å². The minimum Gasteiger partial charge on any atom is -0.465 e. The number of carbonyl (C=O) groups is 1. The van der Waals surface area contributed by atoms with Gasteiger partial charge in [-0.25, -0.2) is 4.98 Å². The molecule has 0 unspecified atom stereocenters. The largest absolute Gasteiger partial charge is 0.465 e. The van der Waals surface area contributed by atoms with Crippen molar-refractivity contribution >= 4 is 29.1 Å². The monoisotopic (exact) mass is 349 g/mol. The molecule has 0 spiro atoms. The summed E-state index contributed by atoms with van der Waals surface area (Å²) in [4.78, 5) is 19.6. The molecular weight excluding hydrogens is 326 g/mol. The van der Waals surface area contributed by atoms with Crippen LogP contribution in [0.1, 0.15) is 37.3 Å². The molecule has 3 heterocycles. The van der Waals surface area contributed by atoms with Gasteiger partial charge < -0.3 is 13.9 Å². The zero-order chi connectivity index (χ0) is 17.8. The van der Waals surface area contributed by atoms with E-state index in [1.165, 1.54) is 12.8 Å². The van der Waals surface area contributed by atoms with Gasteiger partial charge in [-0.15, -0.1) is 0 Å². The van der Waals surface area contributed by atoms with E-state index in [0.29, 0.717) is 6.54 Å². The van der Waals surface area contributed by atoms with Crippen molar-refractivity contribution in [3.05, 3.63) is 54.2 Å². The third-order valence-corrected chi connectivity index (χ3v) is 4.88. The van der Waals surface area contributed by atoms with Crippen LogP contribution in [0.3, 0.4) is 0 Å². The summed E-state index contributed by atoms with van der Waals surface area (Å²) in [7, 11) is 0. The van der Waals surface area contributed by atoms with Gasteiger partial charge in [-0.3, -0.25) is 4.79 Å². The van der Waals surface area contributed by atoms with Gasteiger partial charge >= 0.3 is 0 Å². The van der Waals surface area contributed by atoms with Gasteiger partial charge in [-0.1, -0.05) is 25.0 Å². The average Bonchev–Trinajstić information content (AvgIpc) is 3.20. The number of amides is 1. The van der Waals surface area contributed by atoms with Gasteiger partial charge in [0.1, 0.15) is 18.1 Å². The Morgan fingerprint density at radius 2 is 1.85 bits per heavy atom. The van der Waals surface area contributed by atoms with Crippen molar-refractivity contribution in [3.63, 3.8) is 0 Å². The van der Waals surface area contributed by atoms with E-state index in [9.17, 15) is 4.79 Å². The predicted octanol–water partition coefficient (Wildman–Crippen LogP) is 4.20. The highest BCUT2D eigenvalue weighted by atomic mass is 16.3. The SMILES string of the molecule is O=C(Cn1c(/C=C/c2ccco2)nc2ccccc21)N1CCCCCC1. The highest BCUT2D eigenvalue weighted by Gasteiger charge is 2.18. The third-order valence-electron chi connectivity index (χ3n) is 4.88. The van der Waals surface area contributed by atoms with Crippen LogP contribution in [0.15, 0.2) is 47.1 Å². The van der Waals surface area contributed by atoms with Gasteiger partial charge in [0.25, 0.3) is 0 Å². The second-order valence-corrected chi connectivity index (χ2v) is 6.69. The number of likely N-dealkylation sites (tertiary alicyclic amines) is 1. The number of aromatic nitrogens is 2. The summed E-state index contributed by atoms with van der Waals surface area (Å²) in [5.74, 6) is 1.70. The van der Waals surface area contributed by atoms with Crippen molar-refractivity contribution in [3.8, 4) is 0 Å². The Hall–Kier alpha value is -2.82. The lowest BCUT2D eigenvalue weighted by atomic mass is 10.2. The van der Waals surface area contributed by atoms with E-state index in [2.05, 4.69) is 0 Å². The van der Waals surface area contributed by atoms with E-state index in [-0.39, 0.29) is 5.91 Å². The van der Waals surface area contributed by atoms with Crippen molar-refractivity contribution in [2.75, 3.05) is 13.1 Å². The summed E-state index contributed by atoms with van der Waals surface area (Å²) in [5, 5.41) is 0. The Morgan fingerprint density at radius 1 is 1.04 bits per heavy atom. The van der Waals surface area contributed by atoms with Crippen molar-refractivity contribution in [1.82, 2.24) is 14.5 Å². The molecule has 0 atom stereocenters. The van der Waals surface area contributed by atoms with Crippen molar-refractivity contribution < 1.29 is 9.21 Å². The first-order chi connectivity index (χ1) is 12.8. The minimum absolute atomic E-state index is 0.169. The van der Waals surface area contributed by atoms with Crippen LogP contribution >= 0.6 is 0 Å². The molecule has 1 fully saturated rings. The number of hydrogen-bond donors (Lipinski definition) is 0. The first-order valence-electron chi connectivity index (χ1n) is 9.26. The molecule has 0 bridgehead atoms. The first-order valence-corrected chi connectivity index (χ1v) is 9.26. The summed E-state index contributed by atoms with van der Waals surface area (Å²) < 4.78 is 7.36. The zero-order valence-electron chi connectivity index (χ0n) is 14.8. The van der Waals surface area contributed by atoms with Gasteiger partial charge in [-0.05, 0) is 49.3 Å². The number of furan rings is 1. The molecular formula is C21H23N3O2. The topological polar surface area (TPSA) is 51.3 Å². The molecule has 1 aliphatic heterocycles. The Bertz CT molecular complexity index is 901. The van der Waals surface area contributed by atoms with Crippen molar-refractivity contribution in [2.45, 2.75) is 32.2 Å². The van der Waals surface area contributed by atoms with Crippen LogP contribution in [0, 0.1) is 0 Å². The molecule has 0 saturated carbocycles. The quantitative estimate of drug-likeness (QED) is 0.709. The number of nitrogens with zero attached hydrogens (tertiary/aromatic N) is 3. The number of imidazole rings is 1. The molecule has 1 aromatic carbocycles. The second-order valence-electron chi connectivity index (χ2n) is 6.69. The van der Waals surface area contributed by atoms with E-state index in [0.717, 1.165) is 48.5 Å². The van der Waals surface area contributed by atoms with Crippen LogP contribution in [-0.2, 0) is 11.3 Å². The molecule has 4 rings (SSSR count). The smallest absolute Gasteiger partial charge is 0.242 e. The molecule has 26 heavy (non-hydrogen) atoms.